The molecule has 21 heavy (non-hydrogen) atoms. The van der Waals surface area contributed by atoms with E-state index in [0.717, 1.165) is 30.7 Å². The molecule has 120 valence electrons. The molecule has 0 unspecified atom stereocenters. The van der Waals surface area contributed by atoms with Gasteiger partial charge in [-0.15, -0.1) is 0 Å². The van der Waals surface area contributed by atoms with Crippen LogP contribution < -0.4 is 10.1 Å². The van der Waals surface area contributed by atoms with Crippen LogP contribution in [0.4, 0.5) is 0 Å². The minimum Gasteiger partial charge on any atom is -0.493 e. The number of nitrogens with zero attached hydrogens (tertiary/aromatic N) is 1. The van der Waals surface area contributed by atoms with Gasteiger partial charge >= 0.3 is 0 Å². The van der Waals surface area contributed by atoms with Crippen LogP contribution in [0.3, 0.4) is 0 Å². The highest BCUT2D eigenvalue weighted by Gasteiger charge is 2.19. The predicted molar refractivity (Wildman–Crippen MR) is 85.1 cm³/mol. The molecule has 0 aliphatic carbocycles. The maximum absolute atomic E-state index is 12.2. The minimum atomic E-state index is -3.42. The molecule has 0 amide bonds. The summed E-state index contributed by atoms with van der Waals surface area (Å²) >= 11 is 0. The molecule has 0 aliphatic heterocycles. The summed E-state index contributed by atoms with van der Waals surface area (Å²) in [5, 5.41) is 3.29. The van der Waals surface area contributed by atoms with E-state index in [1.807, 2.05) is 6.92 Å². The first-order chi connectivity index (χ1) is 9.93. The molecule has 1 N–H and O–H groups in total. The molecule has 0 aromatic heterocycles. The van der Waals surface area contributed by atoms with E-state index in [4.69, 9.17) is 4.74 Å². The topological polar surface area (TPSA) is 58.6 Å². The fraction of sp³-hybridized carbons (Fsp3) is 0.600. The van der Waals surface area contributed by atoms with E-state index in [9.17, 15) is 8.42 Å². The summed E-state index contributed by atoms with van der Waals surface area (Å²) in [5.41, 5.74) is 0.875. The molecule has 0 spiro atoms. The van der Waals surface area contributed by atoms with E-state index in [2.05, 4.69) is 12.2 Å². The van der Waals surface area contributed by atoms with Crippen molar-refractivity contribution < 1.29 is 13.2 Å². The van der Waals surface area contributed by atoms with E-state index in [1.165, 1.54) is 18.4 Å². The van der Waals surface area contributed by atoms with Crippen molar-refractivity contribution in [2.75, 3.05) is 27.2 Å². The summed E-state index contributed by atoms with van der Waals surface area (Å²) in [6, 6.07) is 5.04. The van der Waals surface area contributed by atoms with Crippen molar-refractivity contribution in [1.82, 2.24) is 9.62 Å². The lowest BCUT2D eigenvalue weighted by molar-refractivity contribution is 0.313. The molecule has 0 fully saturated rings. The molecule has 1 aromatic rings. The van der Waals surface area contributed by atoms with Crippen LogP contribution in [0.5, 0.6) is 5.75 Å². The Balaban J connectivity index is 3.07. The van der Waals surface area contributed by atoms with Crippen LogP contribution in [-0.4, -0.2) is 40.0 Å². The lowest BCUT2D eigenvalue weighted by Crippen LogP contribution is -2.23. The van der Waals surface area contributed by atoms with E-state index >= 15 is 0 Å². The second kappa shape index (κ2) is 8.36. The molecule has 0 aliphatic rings. The van der Waals surface area contributed by atoms with Gasteiger partial charge in [-0.2, -0.15) is 0 Å². The van der Waals surface area contributed by atoms with E-state index in [-0.39, 0.29) is 0 Å². The lowest BCUT2D eigenvalue weighted by atomic mass is 10.2. The van der Waals surface area contributed by atoms with Gasteiger partial charge < -0.3 is 10.1 Å². The maximum Gasteiger partial charge on any atom is 0.242 e. The van der Waals surface area contributed by atoms with Gasteiger partial charge in [-0.1, -0.05) is 13.8 Å². The average molecular weight is 314 g/mol. The Kier molecular flexibility index (Phi) is 7.14. The third kappa shape index (κ3) is 4.98. The largest absolute Gasteiger partial charge is 0.493 e. The second-order valence-electron chi connectivity index (χ2n) is 5.08. The fourth-order valence-corrected chi connectivity index (χ4v) is 2.77. The zero-order valence-corrected chi connectivity index (χ0v) is 14.2. The first-order valence-electron chi connectivity index (χ1n) is 7.32. The second-order valence-corrected chi connectivity index (χ2v) is 7.23. The summed E-state index contributed by atoms with van der Waals surface area (Å²) < 4.78 is 31.3. The van der Waals surface area contributed by atoms with Crippen LogP contribution in [-0.2, 0) is 16.6 Å². The van der Waals surface area contributed by atoms with Gasteiger partial charge in [0.05, 0.1) is 11.5 Å². The number of benzene rings is 1. The smallest absolute Gasteiger partial charge is 0.242 e. The zero-order chi connectivity index (χ0) is 15.9. The van der Waals surface area contributed by atoms with Crippen LogP contribution in [0.1, 0.15) is 32.3 Å². The molecule has 1 aromatic carbocycles. The monoisotopic (exact) mass is 314 g/mol. The molecule has 5 nitrogen and oxygen atoms in total. The normalized spacial score (nSPS) is 11.9. The Bertz CT molecular complexity index is 542. The number of ether oxygens (including phenoxy) is 1. The van der Waals surface area contributed by atoms with E-state index < -0.39 is 10.0 Å². The van der Waals surface area contributed by atoms with Crippen molar-refractivity contribution in [2.45, 2.75) is 38.1 Å². The van der Waals surface area contributed by atoms with E-state index in [0.29, 0.717) is 18.0 Å². The van der Waals surface area contributed by atoms with Crippen LogP contribution >= 0.6 is 0 Å². The number of hydrogen-bond donors (Lipinski definition) is 1. The fourth-order valence-electron chi connectivity index (χ4n) is 1.82. The predicted octanol–water partition coefficient (Wildman–Crippen LogP) is 2.23. The highest BCUT2D eigenvalue weighted by molar-refractivity contribution is 7.89. The Labute approximate surface area is 128 Å². The number of rotatable bonds is 9. The van der Waals surface area contributed by atoms with E-state index in [1.54, 1.807) is 18.2 Å². The molecule has 1 rings (SSSR count). The molecule has 0 radical (unpaired) electrons. The maximum atomic E-state index is 12.2. The van der Waals surface area contributed by atoms with Gasteiger partial charge in [0, 0.05) is 26.2 Å². The van der Waals surface area contributed by atoms with Crippen LogP contribution in [0.25, 0.3) is 0 Å². The summed E-state index contributed by atoms with van der Waals surface area (Å²) in [6.45, 7) is 6.25. The van der Waals surface area contributed by atoms with Gasteiger partial charge in [0.25, 0.3) is 0 Å². The third-order valence-corrected chi connectivity index (χ3v) is 4.83. The van der Waals surface area contributed by atoms with Crippen molar-refractivity contribution in [3.05, 3.63) is 23.8 Å². The zero-order valence-electron chi connectivity index (χ0n) is 13.3. The number of sulfonamides is 1. The van der Waals surface area contributed by atoms with Crippen molar-refractivity contribution in [1.29, 1.82) is 0 Å². The van der Waals surface area contributed by atoms with Gasteiger partial charge in [0.2, 0.25) is 10.0 Å². The molecular weight excluding hydrogens is 288 g/mol. The Morgan fingerprint density at radius 2 is 1.90 bits per heavy atom. The van der Waals surface area contributed by atoms with Crippen molar-refractivity contribution in [3.63, 3.8) is 0 Å². The molecule has 0 heterocycles. The molecular formula is C15H26N2O3S. The van der Waals surface area contributed by atoms with Gasteiger partial charge in [-0.25, -0.2) is 12.7 Å². The van der Waals surface area contributed by atoms with Crippen LogP contribution in [0.2, 0.25) is 0 Å². The first kappa shape index (κ1) is 17.9. The van der Waals surface area contributed by atoms with Gasteiger partial charge in [-0.05, 0) is 37.6 Å². The summed E-state index contributed by atoms with van der Waals surface area (Å²) in [7, 11) is -0.350. The summed E-state index contributed by atoms with van der Waals surface area (Å²) in [6.07, 6.45) is 1.94. The average Bonchev–Trinajstić information content (AvgIpc) is 2.45. The van der Waals surface area contributed by atoms with Crippen molar-refractivity contribution in [2.24, 2.45) is 0 Å². The highest BCUT2D eigenvalue weighted by Crippen LogP contribution is 2.24. The minimum absolute atomic E-state index is 0.296. The van der Waals surface area contributed by atoms with Crippen LogP contribution in [0.15, 0.2) is 23.1 Å². The molecule has 0 bridgehead atoms. The number of hydrogen-bond acceptors (Lipinski definition) is 4. The lowest BCUT2D eigenvalue weighted by Gasteiger charge is -2.16. The molecule has 0 atom stereocenters. The first-order valence-corrected chi connectivity index (χ1v) is 8.76. The molecule has 0 saturated heterocycles. The van der Waals surface area contributed by atoms with Gasteiger partial charge in [0.1, 0.15) is 5.75 Å². The molecule has 6 heteroatoms. The van der Waals surface area contributed by atoms with Gasteiger partial charge in [-0.3, -0.25) is 0 Å². The Morgan fingerprint density at radius 1 is 1.19 bits per heavy atom. The summed E-state index contributed by atoms with van der Waals surface area (Å²) in [5.74, 6) is 0.748. The van der Waals surface area contributed by atoms with Crippen molar-refractivity contribution in [3.8, 4) is 5.75 Å². The highest BCUT2D eigenvalue weighted by atomic mass is 32.2. The SMILES string of the molecule is CCCNCc1cc(S(=O)(=O)N(C)C)ccc1OCCC. The Hall–Kier alpha value is -1.11. The van der Waals surface area contributed by atoms with Gasteiger partial charge in [0.15, 0.2) is 0 Å². The quantitative estimate of drug-likeness (QED) is 0.710. The third-order valence-electron chi connectivity index (χ3n) is 3.01. The summed E-state index contributed by atoms with van der Waals surface area (Å²) in [4.78, 5) is 0.296. The number of nitrogens with one attached hydrogen (secondary N) is 1. The standard InChI is InChI=1S/C15H26N2O3S/c1-5-9-16-12-13-11-14(21(18,19)17(3)4)7-8-15(13)20-10-6-2/h7-8,11,16H,5-6,9-10,12H2,1-4H3. The molecule has 0 saturated carbocycles. The Morgan fingerprint density at radius 3 is 2.48 bits per heavy atom. The van der Waals surface area contributed by atoms with Crippen molar-refractivity contribution >= 4 is 10.0 Å². The van der Waals surface area contributed by atoms with Crippen LogP contribution in [0, 0.1) is 0 Å².